The van der Waals surface area contributed by atoms with E-state index in [9.17, 15) is 0 Å². The minimum Gasteiger partial charge on any atom is -0.147 e. The number of hydrogen-bond acceptors (Lipinski definition) is 0. The van der Waals surface area contributed by atoms with Gasteiger partial charge in [0.15, 0.2) is 0 Å². The van der Waals surface area contributed by atoms with Crippen molar-refractivity contribution in [2.75, 3.05) is 0 Å². The van der Waals surface area contributed by atoms with Crippen LogP contribution in [0.3, 0.4) is 0 Å². The third kappa shape index (κ3) is 7.12. The van der Waals surface area contributed by atoms with Crippen LogP contribution in [0, 0.1) is 0 Å². The van der Waals surface area contributed by atoms with Crippen LogP contribution in [0.4, 0.5) is 0 Å². The van der Waals surface area contributed by atoms with E-state index in [4.69, 9.17) is 0 Å². The molecule has 0 aliphatic rings. The molecule has 32 heavy (non-hydrogen) atoms. The molecule has 0 aliphatic heterocycles. The maximum atomic E-state index is 2.47. The number of halogens is 1. The summed E-state index contributed by atoms with van der Waals surface area (Å²) < 4.78 is 4.14. The minimum absolute atomic E-state index is 0. The van der Waals surface area contributed by atoms with Crippen molar-refractivity contribution >= 4 is 32.2 Å². The van der Waals surface area contributed by atoms with Crippen molar-refractivity contribution in [3.63, 3.8) is 0 Å². The standard InChI is InChI=1S/3C10H13.ClH.Sn/c3*1-10(2,3)9-7-5-4-6-8-9;;/h3*4-8H,1H2,2-3H3;1H;. The van der Waals surface area contributed by atoms with Crippen LogP contribution in [0.15, 0.2) is 91.0 Å². The molecule has 0 saturated carbocycles. The van der Waals surface area contributed by atoms with E-state index in [1.807, 2.05) is 0 Å². The fourth-order valence-corrected chi connectivity index (χ4v) is 18.6. The van der Waals surface area contributed by atoms with Gasteiger partial charge in [-0.3, -0.25) is 0 Å². The normalized spacial score (nSPS) is 12.5. The Morgan fingerprint density at radius 1 is 0.438 bits per heavy atom. The Labute approximate surface area is 210 Å². The molecule has 0 N–H and O–H groups in total. The zero-order valence-electron chi connectivity index (χ0n) is 20.7. The van der Waals surface area contributed by atoms with E-state index in [1.165, 1.54) is 30.0 Å². The monoisotopic (exact) mass is 555 g/mol. The quantitative estimate of drug-likeness (QED) is 0.232. The van der Waals surface area contributed by atoms with E-state index >= 15 is 0 Å². The molecular formula is C30H40ClSn. The molecule has 3 aromatic rings. The van der Waals surface area contributed by atoms with Gasteiger partial charge in [0.25, 0.3) is 0 Å². The molecule has 0 amide bonds. The van der Waals surface area contributed by atoms with Gasteiger partial charge in [0.05, 0.1) is 0 Å². The van der Waals surface area contributed by atoms with Crippen molar-refractivity contribution in [2.24, 2.45) is 0 Å². The maximum Gasteiger partial charge on any atom is -0.147 e. The van der Waals surface area contributed by atoms with Crippen LogP contribution < -0.4 is 0 Å². The summed E-state index contributed by atoms with van der Waals surface area (Å²) in [4.78, 5) is 0. The van der Waals surface area contributed by atoms with Gasteiger partial charge in [-0.25, -0.2) is 0 Å². The number of hydrogen-bond donors (Lipinski definition) is 0. The molecule has 0 atom stereocenters. The molecule has 0 nitrogen and oxygen atoms in total. The van der Waals surface area contributed by atoms with Gasteiger partial charge in [0.2, 0.25) is 0 Å². The van der Waals surface area contributed by atoms with Crippen molar-refractivity contribution in [2.45, 2.75) is 71.1 Å². The van der Waals surface area contributed by atoms with Crippen LogP contribution >= 0.6 is 12.4 Å². The Kier molecular flexibility index (Phi) is 9.49. The third-order valence-electron chi connectivity index (χ3n) is 6.74. The molecule has 0 bridgehead atoms. The Hall–Kier alpha value is -1.25. The average Bonchev–Trinajstić information content (AvgIpc) is 2.75. The van der Waals surface area contributed by atoms with Crippen LogP contribution in [0.2, 0.25) is 13.3 Å². The van der Waals surface area contributed by atoms with Gasteiger partial charge in [-0.15, -0.1) is 12.4 Å². The van der Waals surface area contributed by atoms with E-state index in [2.05, 4.69) is 133 Å². The first-order chi connectivity index (χ1) is 14.6. The predicted molar refractivity (Wildman–Crippen MR) is 146 cm³/mol. The summed E-state index contributed by atoms with van der Waals surface area (Å²) in [7, 11) is 0. The predicted octanol–water partition coefficient (Wildman–Crippen LogP) is 8.84. The van der Waals surface area contributed by atoms with Gasteiger partial charge in [-0.05, 0) is 0 Å². The van der Waals surface area contributed by atoms with Gasteiger partial charge >= 0.3 is 199 Å². The van der Waals surface area contributed by atoms with Gasteiger partial charge in [-0.2, -0.15) is 0 Å². The summed E-state index contributed by atoms with van der Waals surface area (Å²) in [6.45, 7) is 14.8. The Morgan fingerprint density at radius 2 is 0.656 bits per heavy atom. The van der Waals surface area contributed by atoms with Crippen LogP contribution in [0.5, 0.6) is 0 Å². The van der Waals surface area contributed by atoms with Crippen LogP contribution in [0.1, 0.15) is 58.2 Å². The van der Waals surface area contributed by atoms with Crippen molar-refractivity contribution in [3.05, 3.63) is 108 Å². The summed E-state index contributed by atoms with van der Waals surface area (Å²) in [6, 6.07) is 33.5. The average molecular weight is 555 g/mol. The van der Waals surface area contributed by atoms with E-state index in [0.717, 1.165) is 0 Å². The van der Waals surface area contributed by atoms with E-state index < -0.39 is 19.8 Å². The zero-order valence-corrected chi connectivity index (χ0v) is 24.4. The fourth-order valence-electron chi connectivity index (χ4n) is 5.04. The van der Waals surface area contributed by atoms with Crippen LogP contribution in [0.25, 0.3) is 0 Å². The molecule has 0 aliphatic carbocycles. The first kappa shape index (κ1) is 27.0. The van der Waals surface area contributed by atoms with Crippen molar-refractivity contribution in [1.82, 2.24) is 0 Å². The summed E-state index contributed by atoms with van der Waals surface area (Å²) in [5, 5.41) is 0. The molecule has 0 fully saturated rings. The van der Waals surface area contributed by atoms with Crippen LogP contribution in [-0.4, -0.2) is 19.8 Å². The first-order valence-corrected chi connectivity index (χ1v) is 17.7. The van der Waals surface area contributed by atoms with Gasteiger partial charge in [0.1, 0.15) is 0 Å². The van der Waals surface area contributed by atoms with Crippen molar-refractivity contribution in [1.29, 1.82) is 0 Å². The van der Waals surface area contributed by atoms with Crippen molar-refractivity contribution in [3.8, 4) is 0 Å². The molecule has 171 valence electrons. The van der Waals surface area contributed by atoms with E-state index in [-0.39, 0.29) is 28.7 Å². The van der Waals surface area contributed by atoms with Gasteiger partial charge in [-0.1, -0.05) is 0 Å². The SMILES string of the molecule is CC(C)([CH2][Sn]([CH2]C(C)(C)c1ccccc1)[CH2]C(C)(C)c1ccccc1)c1ccccc1.Cl. The number of rotatable bonds is 9. The second kappa shape index (κ2) is 11.3. The van der Waals surface area contributed by atoms with Gasteiger partial charge < -0.3 is 0 Å². The van der Waals surface area contributed by atoms with Gasteiger partial charge in [0, 0.05) is 0 Å². The molecule has 2 heteroatoms. The molecular weight excluding hydrogens is 514 g/mol. The topological polar surface area (TPSA) is 0 Å². The Bertz CT molecular complexity index is 803. The summed E-state index contributed by atoms with van der Waals surface area (Å²) in [5.74, 6) is 0. The molecule has 3 rings (SSSR count). The van der Waals surface area contributed by atoms with E-state index in [1.54, 1.807) is 0 Å². The first-order valence-electron chi connectivity index (χ1n) is 11.6. The van der Waals surface area contributed by atoms with E-state index in [0.29, 0.717) is 0 Å². The van der Waals surface area contributed by atoms with Crippen LogP contribution in [-0.2, 0) is 16.2 Å². The second-order valence-electron chi connectivity index (χ2n) is 11.0. The summed E-state index contributed by atoms with van der Waals surface area (Å²) in [5.41, 5.74) is 5.16. The molecule has 0 spiro atoms. The summed E-state index contributed by atoms with van der Waals surface area (Å²) >= 11 is -1.84. The molecule has 0 saturated heterocycles. The maximum absolute atomic E-state index is 2.47. The molecule has 0 unspecified atom stereocenters. The fraction of sp³-hybridized carbons (Fsp3) is 0.400. The molecule has 0 aromatic heterocycles. The Balaban J connectivity index is 0.00000363. The number of benzene rings is 3. The zero-order chi connectivity index (χ0) is 22.5. The Morgan fingerprint density at radius 3 is 0.875 bits per heavy atom. The minimum atomic E-state index is -1.84. The largest absolute Gasteiger partial charge is 0.147 e. The third-order valence-corrected chi connectivity index (χ3v) is 18.6. The smallest absolute Gasteiger partial charge is 0.147 e. The molecule has 1 radical (unpaired) electrons. The molecule has 0 heterocycles. The molecule has 3 aromatic carbocycles. The second-order valence-corrected chi connectivity index (χ2v) is 18.3. The van der Waals surface area contributed by atoms with Crippen molar-refractivity contribution < 1.29 is 0 Å². The summed E-state index contributed by atoms with van der Waals surface area (Å²) in [6.07, 6.45) is 0.